The van der Waals surface area contributed by atoms with E-state index in [4.69, 9.17) is 23.2 Å². The largest absolute Gasteiger partial charge is 0.348 e. The van der Waals surface area contributed by atoms with Crippen molar-refractivity contribution >= 4 is 29.1 Å². The average molecular weight is 390 g/mol. The first-order valence-corrected chi connectivity index (χ1v) is 9.60. The van der Waals surface area contributed by atoms with Crippen LogP contribution in [0.15, 0.2) is 12.1 Å². The third kappa shape index (κ3) is 3.28. The van der Waals surface area contributed by atoms with E-state index in [1.165, 1.54) is 12.1 Å². The van der Waals surface area contributed by atoms with Gasteiger partial charge in [-0.25, -0.2) is 8.78 Å². The Morgan fingerprint density at radius 2 is 1.92 bits per heavy atom. The number of rotatable bonds is 5. The van der Waals surface area contributed by atoms with E-state index in [1.54, 1.807) is 0 Å². The van der Waals surface area contributed by atoms with Crippen molar-refractivity contribution < 1.29 is 13.6 Å². The molecule has 3 rings (SSSR count). The van der Waals surface area contributed by atoms with Gasteiger partial charge in [0.25, 0.3) is 0 Å². The van der Waals surface area contributed by atoms with Crippen LogP contribution in [0.25, 0.3) is 0 Å². The molecule has 1 N–H and O–H groups in total. The zero-order chi connectivity index (χ0) is 18.4. The molecular formula is C19H23Cl2F2NO. The van der Waals surface area contributed by atoms with Gasteiger partial charge in [0.05, 0.1) is 16.1 Å². The van der Waals surface area contributed by atoms with E-state index in [0.29, 0.717) is 38.5 Å². The summed E-state index contributed by atoms with van der Waals surface area (Å²) in [6, 6.07) is 1.99. The zero-order valence-electron chi connectivity index (χ0n) is 14.5. The molecule has 0 aromatic heterocycles. The van der Waals surface area contributed by atoms with Crippen LogP contribution in [0.3, 0.4) is 0 Å². The van der Waals surface area contributed by atoms with Crippen LogP contribution in [0, 0.1) is 17.2 Å². The highest BCUT2D eigenvalue weighted by Gasteiger charge is 2.59. The molecule has 1 aromatic carbocycles. The monoisotopic (exact) mass is 389 g/mol. The topological polar surface area (TPSA) is 29.1 Å². The number of halogens is 4. The Bertz CT molecular complexity index is 686. The number of nitrogens with one attached hydrogen (secondary N) is 1. The second kappa shape index (κ2) is 6.70. The minimum atomic E-state index is -1.21. The first-order valence-electron chi connectivity index (χ1n) is 8.84. The number of benzene rings is 1. The lowest BCUT2D eigenvalue weighted by Crippen LogP contribution is -2.41. The molecule has 0 heterocycles. The second-order valence-corrected chi connectivity index (χ2v) is 8.48. The molecule has 2 aliphatic rings. The number of hydrogen-bond acceptors (Lipinski definition) is 1. The molecule has 0 saturated heterocycles. The Kier molecular flexibility index (Phi) is 5.06. The van der Waals surface area contributed by atoms with Crippen molar-refractivity contribution in [3.63, 3.8) is 0 Å². The Hall–Kier alpha value is -0.870. The number of fused-ring (bicyclic) bond motifs is 2. The van der Waals surface area contributed by atoms with Gasteiger partial charge in [-0.1, -0.05) is 37.0 Å². The molecule has 25 heavy (non-hydrogen) atoms. The first kappa shape index (κ1) is 18.9. The van der Waals surface area contributed by atoms with Gasteiger partial charge in [0.2, 0.25) is 5.91 Å². The first-order chi connectivity index (χ1) is 11.7. The van der Waals surface area contributed by atoms with Gasteiger partial charge < -0.3 is 5.32 Å². The third-order valence-electron chi connectivity index (χ3n) is 6.14. The number of hydrogen-bond donors (Lipinski definition) is 1. The third-order valence-corrected chi connectivity index (χ3v) is 6.96. The van der Waals surface area contributed by atoms with Gasteiger partial charge in [0.1, 0.15) is 11.5 Å². The van der Waals surface area contributed by atoms with Crippen molar-refractivity contribution in [2.24, 2.45) is 11.3 Å². The zero-order valence-corrected chi connectivity index (χ0v) is 16.0. The lowest BCUT2D eigenvalue weighted by molar-refractivity contribution is -0.126. The van der Waals surface area contributed by atoms with Crippen molar-refractivity contribution in [3.8, 4) is 0 Å². The van der Waals surface area contributed by atoms with Crippen LogP contribution >= 0.6 is 23.2 Å². The van der Waals surface area contributed by atoms with Gasteiger partial charge in [-0.2, -0.15) is 0 Å². The molecule has 6 heteroatoms. The fourth-order valence-corrected chi connectivity index (χ4v) is 4.81. The van der Waals surface area contributed by atoms with Crippen LogP contribution in [0.4, 0.5) is 8.78 Å². The van der Waals surface area contributed by atoms with Crippen LogP contribution in [0.1, 0.15) is 64.0 Å². The lowest BCUT2D eigenvalue weighted by atomic mass is 9.74. The second-order valence-electron chi connectivity index (χ2n) is 7.70. The number of carbonyl (C=O) groups excluding carboxylic acids is 1. The van der Waals surface area contributed by atoms with Gasteiger partial charge in [0.15, 0.2) is 0 Å². The Morgan fingerprint density at radius 3 is 2.44 bits per heavy atom. The van der Waals surface area contributed by atoms with Crippen molar-refractivity contribution in [2.75, 3.05) is 0 Å². The Balaban J connectivity index is 2.05. The van der Waals surface area contributed by atoms with Crippen molar-refractivity contribution in [2.45, 2.75) is 64.1 Å². The molecule has 0 aliphatic heterocycles. The number of amides is 1. The van der Waals surface area contributed by atoms with Crippen LogP contribution in [0.5, 0.6) is 0 Å². The molecule has 0 radical (unpaired) electrons. The maximum atomic E-state index is 14.8. The molecule has 2 fully saturated rings. The standard InChI is InChI=1S/C19H23Cl2F2NO/c1-3-11(2)17(25)24-16(14-13(22)5-4-12(20)15(14)21)18-6-8-19(23,10-18)9-7-18/h4-5,11,16H,3,6-10H2,1-2H3,(H,24,25)/t11-,16?,18?,19?/m1/s1. The molecule has 2 bridgehead atoms. The molecule has 138 valence electrons. The summed E-state index contributed by atoms with van der Waals surface area (Å²) >= 11 is 12.4. The average Bonchev–Trinajstić information content (AvgIpc) is 3.11. The highest BCUT2D eigenvalue weighted by Crippen LogP contribution is 2.64. The summed E-state index contributed by atoms with van der Waals surface area (Å²) in [5.74, 6) is -0.889. The highest BCUT2D eigenvalue weighted by molar-refractivity contribution is 6.42. The predicted octanol–water partition coefficient (Wildman–Crippen LogP) is 6.01. The number of alkyl halides is 1. The maximum absolute atomic E-state index is 14.8. The summed E-state index contributed by atoms with van der Waals surface area (Å²) in [5.41, 5.74) is -1.52. The van der Waals surface area contributed by atoms with Crippen LogP contribution in [0.2, 0.25) is 10.0 Å². The fraction of sp³-hybridized carbons (Fsp3) is 0.632. The van der Waals surface area contributed by atoms with Crippen LogP contribution < -0.4 is 5.32 Å². The van der Waals surface area contributed by atoms with Crippen LogP contribution in [-0.4, -0.2) is 11.6 Å². The maximum Gasteiger partial charge on any atom is 0.223 e. The SMILES string of the molecule is CC[C@@H](C)C(=O)NC(c1c(F)ccc(Cl)c1Cl)C12CCC(F)(CC1)C2. The summed E-state index contributed by atoms with van der Waals surface area (Å²) in [6.07, 6.45) is 3.11. The summed E-state index contributed by atoms with van der Waals surface area (Å²) < 4.78 is 29.5. The number of carbonyl (C=O) groups is 1. The van der Waals surface area contributed by atoms with E-state index in [0.717, 1.165) is 0 Å². The van der Waals surface area contributed by atoms with E-state index in [2.05, 4.69) is 5.32 Å². The smallest absolute Gasteiger partial charge is 0.223 e. The minimum absolute atomic E-state index is 0.105. The van der Waals surface area contributed by atoms with E-state index in [-0.39, 0.29) is 27.4 Å². The molecule has 2 nitrogen and oxygen atoms in total. The lowest BCUT2D eigenvalue weighted by Gasteiger charge is -2.37. The van der Waals surface area contributed by atoms with E-state index in [1.807, 2.05) is 13.8 Å². The van der Waals surface area contributed by atoms with Gasteiger partial charge in [-0.3, -0.25) is 4.79 Å². The van der Waals surface area contributed by atoms with Crippen LogP contribution in [-0.2, 0) is 4.79 Å². The van der Waals surface area contributed by atoms with Gasteiger partial charge in [-0.05, 0) is 56.1 Å². The van der Waals surface area contributed by atoms with E-state index in [9.17, 15) is 13.6 Å². The van der Waals surface area contributed by atoms with Crippen molar-refractivity contribution in [1.82, 2.24) is 5.32 Å². The van der Waals surface area contributed by atoms with E-state index < -0.39 is 22.9 Å². The molecule has 0 spiro atoms. The summed E-state index contributed by atoms with van der Waals surface area (Å²) in [5, 5.41) is 3.32. The highest BCUT2D eigenvalue weighted by atomic mass is 35.5. The molecule has 2 atom stereocenters. The Morgan fingerprint density at radius 1 is 1.28 bits per heavy atom. The molecular weight excluding hydrogens is 367 g/mol. The van der Waals surface area contributed by atoms with E-state index >= 15 is 0 Å². The normalized spacial score (nSPS) is 30.3. The van der Waals surface area contributed by atoms with Gasteiger partial charge in [-0.15, -0.1) is 0 Å². The fourth-order valence-electron chi connectivity index (χ4n) is 4.38. The summed E-state index contributed by atoms with van der Waals surface area (Å²) in [7, 11) is 0. The van der Waals surface area contributed by atoms with Crippen molar-refractivity contribution in [1.29, 1.82) is 0 Å². The molecule has 2 saturated carbocycles. The van der Waals surface area contributed by atoms with Gasteiger partial charge >= 0.3 is 0 Å². The van der Waals surface area contributed by atoms with Gasteiger partial charge in [0, 0.05) is 11.5 Å². The van der Waals surface area contributed by atoms with Crippen molar-refractivity contribution in [3.05, 3.63) is 33.6 Å². The minimum Gasteiger partial charge on any atom is -0.348 e. The Labute approximate surface area is 157 Å². The molecule has 1 unspecified atom stereocenters. The summed E-state index contributed by atoms with van der Waals surface area (Å²) in [6.45, 7) is 3.74. The predicted molar refractivity (Wildman–Crippen MR) is 96.1 cm³/mol. The molecule has 1 aromatic rings. The quantitative estimate of drug-likeness (QED) is 0.613. The summed E-state index contributed by atoms with van der Waals surface area (Å²) in [4.78, 5) is 12.6. The molecule has 1 amide bonds. The molecule has 2 aliphatic carbocycles.